The molecule has 2 aliphatic heterocycles. The van der Waals surface area contributed by atoms with Gasteiger partial charge < -0.3 is 10.2 Å². The van der Waals surface area contributed by atoms with Crippen LogP contribution in [-0.4, -0.2) is 48.0 Å². The fourth-order valence-corrected chi connectivity index (χ4v) is 3.35. The van der Waals surface area contributed by atoms with Gasteiger partial charge in [-0.2, -0.15) is 0 Å². The standard InChI is InChI=1S/C18H26N4O2/c23-17(20-22-12-5-2-6-13-22)15-8-7-11-21(14-15)18(24)19-16-9-3-1-4-10-16/h1,3-4,9-10,15H,2,5-8,11-14H2,(H,19,24)(H,20,23)/t15-/m1/s1. The number of carbonyl (C=O) groups excluding carboxylic acids is 2. The zero-order valence-electron chi connectivity index (χ0n) is 14.0. The third kappa shape index (κ3) is 4.47. The smallest absolute Gasteiger partial charge is 0.321 e. The van der Waals surface area contributed by atoms with Gasteiger partial charge in [0.1, 0.15) is 0 Å². The van der Waals surface area contributed by atoms with E-state index in [1.165, 1.54) is 6.42 Å². The van der Waals surface area contributed by atoms with E-state index in [2.05, 4.69) is 10.7 Å². The molecule has 1 atom stereocenters. The summed E-state index contributed by atoms with van der Waals surface area (Å²) in [7, 11) is 0. The van der Waals surface area contributed by atoms with Crippen LogP contribution >= 0.6 is 0 Å². The summed E-state index contributed by atoms with van der Waals surface area (Å²) in [4.78, 5) is 26.6. The molecule has 0 bridgehead atoms. The van der Waals surface area contributed by atoms with Crippen LogP contribution in [0.15, 0.2) is 30.3 Å². The predicted octanol–water partition coefficient (Wildman–Crippen LogP) is 2.45. The number of piperidine rings is 2. The molecular weight excluding hydrogens is 304 g/mol. The topological polar surface area (TPSA) is 64.7 Å². The summed E-state index contributed by atoms with van der Waals surface area (Å²) in [5.74, 6) is -0.0729. The van der Waals surface area contributed by atoms with Crippen LogP contribution in [0.5, 0.6) is 0 Å². The first-order chi connectivity index (χ1) is 11.7. The second kappa shape index (κ2) is 8.15. The van der Waals surface area contributed by atoms with Crippen molar-refractivity contribution >= 4 is 17.6 Å². The van der Waals surface area contributed by atoms with Gasteiger partial charge in [-0.1, -0.05) is 24.6 Å². The van der Waals surface area contributed by atoms with E-state index in [1.54, 1.807) is 4.90 Å². The second-order valence-electron chi connectivity index (χ2n) is 6.61. The molecule has 24 heavy (non-hydrogen) atoms. The van der Waals surface area contributed by atoms with E-state index in [0.717, 1.165) is 44.5 Å². The van der Waals surface area contributed by atoms with Gasteiger partial charge in [-0.3, -0.25) is 10.2 Å². The predicted molar refractivity (Wildman–Crippen MR) is 93.3 cm³/mol. The summed E-state index contributed by atoms with van der Waals surface area (Å²) >= 11 is 0. The summed E-state index contributed by atoms with van der Waals surface area (Å²) in [6.45, 7) is 3.04. The zero-order chi connectivity index (χ0) is 16.8. The van der Waals surface area contributed by atoms with Crippen LogP contribution in [0.2, 0.25) is 0 Å². The second-order valence-corrected chi connectivity index (χ2v) is 6.61. The molecule has 2 N–H and O–H groups in total. The van der Waals surface area contributed by atoms with Gasteiger partial charge in [-0.05, 0) is 37.8 Å². The minimum absolute atomic E-state index is 0.0501. The molecule has 2 aliphatic rings. The fraction of sp³-hybridized carbons (Fsp3) is 0.556. The highest BCUT2D eigenvalue weighted by molar-refractivity contribution is 5.90. The average molecular weight is 330 g/mol. The molecule has 2 saturated heterocycles. The van der Waals surface area contributed by atoms with Crippen molar-refractivity contribution in [2.24, 2.45) is 5.92 Å². The van der Waals surface area contributed by atoms with Crippen molar-refractivity contribution < 1.29 is 9.59 Å². The van der Waals surface area contributed by atoms with Crippen LogP contribution in [0.3, 0.4) is 0 Å². The van der Waals surface area contributed by atoms with E-state index < -0.39 is 0 Å². The van der Waals surface area contributed by atoms with Crippen LogP contribution in [0.1, 0.15) is 32.1 Å². The van der Waals surface area contributed by atoms with Crippen LogP contribution in [0.25, 0.3) is 0 Å². The molecule has 2 fully saturated rings. The van der Waals surface area contributed by atoms with Crippen molar-refractivity contribution in [3.05, 3.63) is 30.3 Å². The lowest BCUT2D eigenvalue weighted by Crippen LogP contribution is -2.51. The molecule has 0 spiro atoms. The number of nitrogens with one attached hydrogen (secondary N) is 2. The number of hydrogen-bond acceptors (Lipinski definition) is 3. The Balaban J connectivity index is 1.51. The highest BCUT2D eigenvalue weighted by Crippen LogP contribution is 2.18. The van der Waals surface area contributed by atoms with E-state index in [-0.39, 0.29) is 17.9 Å². The van der Waals surface area contributed by atoms with Crippen molar-refractivity contribution in [2.45, 2.75) is 32.1 Å². The van der Waals surface area contributed by atoms with Gasteiger partial charge in [0, 0.05) is 31.9 Å². The first-order valence-electron chi connectivity index (χ1n) is 8.89. The Labute approximate surface area is 143 Å². The molecule has 1 aromatic rings. The van der Waals surface area contributed by atoms with E-state index in [4.69, 9.17) is 0 Å². The maximum absolute atomic E-state index is 12.5. The summed E-state index contributed by atoms with van der Waals surface area (Å²) in [5.41, 5.74) is 3.81. The number of anilines is 1. The molecule has 2 heterocycles. The Morgan fingerprint density at radius 1 is 0.958 bits per heavy atom. The first kappa shape index (κ1) is 16.8. The van der Waals surface area contributed by atoms with Crippen molar-refractivity contribution in [1.82, 2.24) is 15.3 Å². The van der Waals surface area contributed by atoms with E-state index in [9.17, 15) is 9.59 Å². The third-order valence-corrected chi connectivity index (χ3v) is 4.73. The lowest BCUT2D eigenvalue weighted by molar-refractivity contribution is -0.131. The van der Waals surface area contributed by atoms with Crippen LogP contribution in [0, 0.1) is 5.92 Å². The molecule has 0 aliphatic carbocycles. The summed E-state index contributed by atoms with van der Waals surface area (Å²) in [6, 6.07) is 9.29. The van der Waals surface area contributed by atoms with E-state index in [0.29, 0.717) is 13.1 Å². The fourth-order valence-electron chi connectivity index (χ4n) is 3.35. The van der Waals surface area contributed by atoms with Crippen molar-refractivity contribution in [2.75, 3.05) is 31.5 Å². The number of likely N-dealkylation sites (tertiary alicyclic amines) is 1. The Morgan fingerprint density at radius 2 is 1.71 bits per heavy atom. The minimum Gasteiger partial charge on any atom is -0.324 e. The van der Waals surface area contributed by atoms with Crippen molar-refractivity contribution in [3.63, 3.8) is 0 Å². The molecule has 0 radical (unpaired) electrons. The monoisotopic (exact) mass is 330 g/mol. The van der Waals surface area contributed by atoms with Gasteiger partial charge in [0.05, 0.1) is 5.92 Å². The largest absolute Gasteiger partial charge is 0.324 e. The SMILES string of the molecule is O=C(NN1CCCCC1)[C@@H]1CCCN(C(=O)Nc2ccccc2)C1. The van der Waals surface area contributed by atoms with Crippen LogP contribution in [-0.2, 0) is 4.79 Å². The molecule has 0 aromatic heterocycles. The van der Waals surface area contributed by atoms with Gasteiger partial charge >= 0.3 is 6.03 Å². The summed E-state index contributed by atoms with van der Waals surface area (Å²) in [5, 5.41) is 4.92. The highest BCUT2D eigenvalue weighted by atomic mass is 16.2. The Hall–Kier alpha value is -2.08. The lowest BCUT2D eigenvalue weighted by atomic mass is 9.97. The van der Waals surface area contributed by atoms with Gasteiger partial charge in [0.25, 0.3) is 0 Å². The number of hydrogen-bond donors (Lipinski definition) is 2. The maximum atomic E-state index is 12.5. The molecule has 3 amide bonds. The molecule has 6 nitrogen and oxygen atoms in total. The molecular formula is C18H26N4O2. The number of amides is 3. The molecule has 130 valence electrons. The number of hydrazine groups is 1. The third-order valence-electron chi connectivity index (χ3n) is 4.73. The molecule has 0 saturated carbocycles. The first-order valence-corrected chi connectivity index (χ1v) is 8.89. The average Bonchev–Trinajstić information content (AvgIpc) is 2.63. The lowest BCUT2D eigenvalue weighted by Gasteiger charge is -2.34. The van der Waals surface area contributed by atoms with Gasteiger partial charge in [0.15, 0.2) is 0 Å². The quantitative estimate of drug-likeness (QED) is 0.895. The van der Waals surface area contributed by atoms with Crippen LogP contribution in [0.4, 0.5) is 10.5 Å². The highest BCUT2D eigenvalue weighted by Gasteiger charge is 2.29. The summed E-state index contributed by atoms with van der Waals surface area (Å²) in [6.07, 6.45) is 5.21. The normalized spacial score (nSPS) is 22.0. The maximum Gasteiger partial charge on any atom is 0.321 e. The van der Waals surface area contributed by atoms with Crippen LogP contribution < -0.4 is 10.7 Å². The number of benzene rings is 1. The minimum atomic E-state index is -0.128. The molecule has 0 unspecified atom stereocenters. The number of nitrogens with zero attached hydrogens (tertiary/aromatic N) is 2. The van der Waals surface area contributed by atoms with E-state index in [1.807, 2.05) is 35.3 Å². The molecule has 6 heteroatoms. The molecule has 1 aromatic carbocycles. The number of carbonyl (C=O) groups is 2. The Morgan fingerprint density at radius 3 is 2.46 bits per heavy atom. The zero-order valence-corrected chi connectivity index (χ0v) is 14.0. The summed E-state index contributed by atoms with van der Waals surface area (Å²) < 4.78 is 0. The van der Waals surface area contributed by atoms with Gasteiger partial charge in [0.2, 0.25) is 5.91 Å². The number of urea groups is 1. The molecule has 3 rings (SSSR count). The van der Waals surface area contributed by atoms with Crippen molar-refractivity contribution in [1.29, 1.82) is 0 Å². The van der Waals surface area contributed by atoms with Gasteiger partial charge in [-0.25, -0.2) is 9.80 Å². The Bertz CT molecular complexity index is 557. The number of para-hydroxylation sites is 1. The van der Waals surface area contributed by atoms with Gasteiger partial charge in [-0.15, -0.1) is 0 Å². The van der Waals surface area contributed by atoms with E-state index >= 15 is 0 Å². The number of rotatable bonds is 3. The van der Waals surface area contributed by atoms with Crippen molar-refractivity contribution in [3.8, 4) is 0 Å². The Kier molecular flexibility index (Phi) is 5.69.